The molecule has 1 aliphatic carbocycles. The van der Waals surface area contributed by atoms with Crippen LogP contribution in [0.4, 0.5) is 8.78 Å². The van der Waals surface area contributed by atoms with Crippen LogP contribution in [-0.2, 0) is 0 Å². The van der Waals surface area contributed by atoms with Gasteiger partial charge >= 0.3 is 0 Å². The largest absolute Gasteiger partial charge is 0.323 e. The first-order valence-electron chi connectivity index (χ1n) is 3.42. The molecule has 3 N–H and O–H groups in total. The Morgan fingerprint density at radius 1 is 1.50 bits per heavy atom. The zero-order valence-electron chi connectivity index (χ0n) is 5.53. The highest BCUT2D eigenvalue weighted by Crippen LogP contribution is 2.51. The van der Waals surface area contributed by atoms with Crippen molar-refractivity contribution in [2.24, 2.45) is 11.7 Å². The molecule has 0 aromatic rings. The molecule has 0 aromatic carbocycles. The lowest BCUT2D eigenvalue weighted by Crippen LogP contribution is -2.66. The Balaban J connectivity index is 2.18. The molecule has 1 aliphatic heterocycles. The van der Waals surface area contributed by atoms with Crippen LogP contribution < -0.4 is 11.1 Å². The van der Waals surface area contributed by atoms with Gasteiger partial charge in [-0.05, 0) is 0 Å². The van der Waals surface area contributed by atoms with E-state index in [1.165, 1.54) is 0 Å². The summed E-state index contributed by atoms with van der Waals surface area (Å²) in [4.78, 5) is 0. The number of alkyl halides is 2. The Bertz CT molecular complexity index is 171. The molecule has 1 saturated heterocycles. The molecule has 0 spiro atoms. The van der Waals surface area contributed by atoms with Crippen molar-refractivity contribution in [2.45, 2.75) is 17.9 Å². The Kier molecular flexibility index (Phi) is 0.978. The van der Waals surface area contributed by atoms with E-state index in [2.05, 4.69) is 5.32 Å². The summed E-state index contributed by atoms with van der Waals surface area (Å²) in [6.07, 6.45) is -0.141. The average molecular weight is 148 g/mol. The fraction of sp³-hybridized carbons (Fsp3) is 1.00. The summed E-state index contributed by atoms with van der Waals surface area (Å²) in [6.45, 7) is 0.927. The van der Waals surface area contributed by atoms with Crippen molar-refractivity contribution in [3.8, 4) is 0 Å². The Morgan fingerprint density at radius 3 is 2.60 bits per heavy atom. The van der Waals surface area contributed by atoms with Gasteiger partial charge in [0.2, 0.25) is 0 Å². The minimum atomic E-state index is -2.50. The molecule has 2 fully saturated rings. The van der Waals surface area contributed by atoms with Crippen molar-refractivity contribution >= 4 is 0 Å². The monoisotopic (exact) mass is 148 g/mol. The van der Waals surface area contributed by atoms with Crippen LogP contribution in [-0.4, -0.2) is 24.6 Å². The number of fused-ring (bicyclic) bond motifs is 1. The van der Waals surface area contributed by atoms with E-state index in [-0.39, 0.29) is 6.42 Å². The number of nitrogens with one attached hydrogen (secondary N) is 1. The van der Waals surface area contributed by atoms with E-state index >= 15 is 0 Å². The second-order valence-electron chi connectivity index (χ2n) is 3.35. The summed E-state index contributed by atoms with van der Waals surface area (Å²) >= 11 is 0. The van der Waals surface area contributed by atoms with E-state index in [0.717, 1.165) is 0 Å². The van der Waals surface area contributed by atoms with Crippen LogP contribution in [0.2, 0.25) is 0 Å². The number of hydrogen-bond donors (Lipinski definition) is 2. The molecule has 0 amide bonds. The molecule has 0 bridgehead atoms. The normalized spacial score (nSPS) is 50.1. The maximum atomic E-state index is 12.6. The van der Waals surface area contributed by atoms with Gasteiger partial charge in [0.05, 0.1) is 5.92 Å². The van der Waals surface area contributed by atoms with Gasteiger partial charge in [0.15, 0.2) is 0 Å². The van der Waals surface area contributed by atoms with Gasteiger partial charge in [-0.25, -0.2) is 8.78 Å². The number of hydrogen-bond acceptors (Lipinski definition) is 2. The molecule has 1 saturated carbocycles. The molecule has 0 unspecified atom stereocenters. The number of rotatable bonds is 0. The minimum absolute atomic E-state index is 0.141. The van der Waals surface area contributed by atoms with Gasteiger partial charge in [0, 0.05) is 25.0 Å². The van der Waals surface area contributed by atoms with Gasteiger partial charge in [0.25, 0.3) is 5.92 Å². The summed E-state index contributed by atoms with van der Waals surface area (Å²) in [5.41, 5.74) is 5.05. The lowest BCUT2D eigenvalue weighted by Gasteiger charge is -2.47. The van der Waals surface area contributed by atoms with Crippen LogP contribution in [0.5, 0.6) is 0 Å². The maximum Gasteiger partial charge on any atom is 0.255 e. The molecule has 10 heavy (non-hydrogen) atoms. The number of nitrogens with two attached hydrogens (primary N) is 1. The van der Waals surface area contributed by atoms with Crippen LogP contribution in [0.15, 0.2) is 0 Å². The third-order valence-corrected chi connectivity index (χ3v) is 2.57. The van der Waals surface area contributed by atoms with E-state index in [4.69, 9.17) is 5.73 Å². The van der Waals surface area contributed by atoms with Crippen molar-refractivity contribution in [1.82, 2.24) is 5.32 Å². The van der Waals surface area contributed by atoms with Crippen molar-refractivity contribution < 1.29 is 8.78 Å². The molecule has 2 nitrogen and oxygen atoms in total. The molecule has 0 aromatic heterocycles. The highest BCUT2D eigenvalue weighted by molar-refractivity contribution is 5.16. The van der Waals surface area contributed by atoms with Crippen LogP contribution in [0.1, 0.15) is 6.42 Å². The quantitative estimate of drug-likeness (QED) is 0.505. The van der Waals surface area contributed by atoms with Gasteiger partial charge < -0.3 is 11.1 Å². The molecule has 58 valence electrons. The van der Waals surface area contributed by atoms with Crippen molar-refractivity contribution in [3.63, 3.8) is 0 Å². The van der Waals surface area contributed by atoms with Crippen LogP contribution in [0.25, 0.3) is 0 Å². The lowest BCUT2D eigenvalue weighted by molar-refractivity contribution is -0.163. The Labute approximate surface area is 57.8 Å². The van der Waals surface area contributed by atoms with E-state index in [9.17, 15) is 8.78 Å². The minimum Gasteiger partial charge on any atom is -0.323 e. The zero-order valence-corrected chi connectivity index (χ0v) is 5.53. The highest BCUT2D eigenvalue weighted by atomic mass is 19.3. The molecule has 2 atom stereocenters. The molecule has 2 aliphatic rings. The van der Waals surface area contributed by atoms with Crippen LogP contribution in [0.3, 0.4) is 0 Å². The van der Waals surface area contributed by atoms with Gasteiger partial charge in [-0.1, -0.05) is 0 Å². The van der Waals surface area contributed by atoms with E-state index in [1.54, 1.807) is 0 Å². The molecule has 2 rings (SSSR count). The predicted molar refractivity (Wildman–Crippen MR) is 32.8 cm³/mol. The van der Waals surface area contributed by atoms with Crippen LogP contribution >= 0.6 is 0 Å². The predicted octanol–water partition coefficient (Wildman–Crippen LogP) is -0.0577. The van der Waals surface area contributed by atoms with Crippen molar-refractivity contribution in [3.05, 3.63) is 0 Å². The molecule has 0 radical (unpaired) electrons. The Morgan fingerprint density at radius 2 is 2.20 bits per heavy atom. The van der Waals surface area contributed by atoms with E-state index in [0.29, 0.717) is 13.1 Å². The van der Waals surface area contributed by atoms with Gasteiger partial charge in [-0.15, -0.1) is 0 Å². The van der Waals surface area contributed by atoms with Crippen LogP contribution in [0, 0.1) is 5.92 Å². The third kappa shape index (κ3) is 0.582. The van der Waals surface area contributed by atoms with Gasteiger partial charge in [0.1, 0.15) is 0 Å². The topological polar surface area (TPSA) is 38.0 Å². The lowest BCUT2D eigenvalue weighted by atomic mass is 9.66. The fourth-order valence-electron chi connectivity index (χ4n) is 1.96. The zero-order chi connectivity index (χ0) is 7.41. The molecular weight excluding hydrogens is 138 g/mol. The van der Waals surface area contributed by atoms with E-state index < -0.39 is 17.4 Å². The first-order valence-corrected chi connectivity index (χ1v) is 3.42. The third-order valence-electron chi connectivity index (χ3n) is 2.57. The summed E-state index contributed by atoms with van der Waals surface area (Å²) in [7, 11) is 0. The highest BCUT2D eigenvalue weighted by Gasteiger charge is 2.65. The standard InChI is InChI=1S/C6H10F2N2/c7-6(8)2-5(9)3-10-1-4(5)6/h4,10H,1-3,9H2/t4-,5+/m0/s1. The second-order valence-corrected chi connectivity index (χ2v) is 3.35. The maximum absolute atomic E-state index is 12.6. The average Bonchev–Trinajstić information content (AvgIpc) is 2.06. The SMILES string of the molecule is N[C@]12CNC[C@@H]1C(F)(F)C2. The number of halogens is 2. The molecule has 1 heterocycles. The van der Waals surface area contributed by atoms with Crippen molar-refractivity contribution in [2.75, 3.05) is 13.1 Å². The Hall–Kier alpha value is -0.220. The smallest absolute Gasteiger partial charge is 0.255 e. The summed E-state index contributed by atoms with van der Waals surface area (Å²) in [6, 6.07) is 0. The molecule has 4 heteroatoms. The fourth-order valence-corrected chi connectivity index (χ4v) is 1.96. The first kappa shape index (κ1) is 6.49. The van der Waals surface area contributed by atoms with Gasteiger partial charge in [-0.3, -0.25) is 0 Å². The first-order chi connectivity index (χ1) is 4.55. The second kappa shape index (κ2) is 1.51. The van der Waals surface area contributed by atoms with Gasteiger partial charge in [-0.2, -0.15) is 0 Å². The van der Waals surface area contributed by atoms with E-state index in [1.807, 2.05) is 0 Å². The summed E-state index contributed by atoms with van der Waals surface area (Å²) in [5, 5.41) is 2.88. The summed E-state index contributed by atoms with van der Waals surface area (Å²) in [5.74, 6) is -3.11. The van der Waals surface area contributed by atoms with Crippen molar-refractivity contribution in [1.29, 1.82) is 0 Å². The summed E-state index contributed by atoms with van der Waals surface area (Å²) < 4.78 is 25.2. The molecular formula is C6H10F2N2.